The zero-order valence-corrected chi connectivity index (χ0v) is 19.2. The van der Waals surface area contributed by atoms with Gasteiger partial charge in [0.05, 0.1) is 11.5 Å². The van der Waals surface area contributed by atoms with Gasteiger partial charge in [0.25, 0.3) is 5.69 Å². The summed E-state index contributed by atoms with van der Waals surface area (Å²) in [6.45, 7) is 7.35. The Morgan fingerprint density at radius 2 is 1.90 bits per heavy atom. The molecule has 31 heavy (non-hydrogen) atoms. The second-order valence-corrected chi connectivity index (χ2v) is 10.5. The highest BCUT2D eigenvalue weighted by Gasteiger charge is 2.38. The van der Waals surface area contributed by atoms with E-state index < -0.39 is 49.9 Å². The average molecular weight is 458 g/mol. The van der Waals surface area contributed by atoms with Crippen LogP contribution in [0.5, 0.6) is 0 Å². The number of sulfonamides is 1. The Kier molecular flexibility index (Phi) is 8.01. The van der Waals surface area contributed by atoms with Crippen molar-refractivity contribution in [1.29, 1.82) is 0 Å². The summed E-state index contributed by atoms with van der Waals surface area (Å²) in [6, 6.07) is 4.67. The number of carbonyl (C=O) groups excluding carboxylic acids is 1. The van der Waals surface area contributed by atoms with Crippen LogP contribution >= 0.6 is 0 Å². The standard InChI is InChI=1S/C20H31N3O7S/c1-15(16-9-11-21(12-10-16)19(25)30-20(2,3)4)22(13-14-24)31(28,29)18-8-6-5-7-17(18)23(26)27/h5-8,15-16,24H,9-14H2,1-4H3/t15-/m0/s1. The van der Waals surface area contributed by atoms with E-state index in [1.54, 1.807) is 32.6 Å². The summed E-state index contributed by atoms with van der Waals surface area (Å²) in [5.74, 6) is -0.0808. The zero-order valence-electron chi connectivity index (χ0n) is 18.4. The highest BCUT2D eigenvalue weighted by Crippen LogP contribution is 2.32. The average Bonchev–Trinajstić information content (AvgIpc) is 2.70. The van der Waals surface area contributed by atoms with Gasteiger partial charge >= 0.3 is 6.09 Å². The van der Waals surface area contributed by atoms with E-state index >= 15 is 0 Å². The van der Waals surface area contributed by atoms with E-state index in [2.05, 4.69) is 0 Å². The molecule has 2 rings (SSSR count). The predicted octanol–water partition coefficient (Wildman–Crippen LogP) is 2.61. The van der Waals surface area contributed by atoms with Crippen molar-refractivity contribution in [2.45, 2.75) is 57.1 Å². The van der Waals surface area contributed by atoms with Crippen LogP contribution in [0, 0.1) is 16.0 Å². The molecule has 0 radical (unpaired) electrons. The molecule has 1 heterocycles. The molecule has 174 valence electrons. The van der Waals surface area contributed by atoms with Crippen molar-refractivity contribution in [3.05, 3.63) is 34.4 Å². The third kappa shape index (κ3) is 6.14. The third-order valence-electron chi connectivity index (χ3n) is 5.30. The van der Waals surface area contributed by atoms with Crippen LogP contribution in [0.3, 0.4) is 0 Å². The number of piperidine rings is 1. The number of ether oxygens (including phenoxy) is 1. The van der Waals surface area contributed by atoms with Gasteiger partial charge in [-0.1, -0.05) is 12.1 Å². The van der Waals surface area contributed by atoms with E-state index in [0.717, 1.165) is 10.4 Å². The molecule has 0 saturated carbocycles. The van der Waals surface area contributed by atoms with Crippen LogP contribution in [0.2, 0.25) is 0 Å². The van der Waals surface area contributed by atoms with Gasteiger partial charge in [-0.3, -0.25) is 10.1 Å². The summed E-state index contributed by atoms with van der Waals surface area (Å²) in [7, 11) is -4.21. The number of aliphatic hydroxyl groups excluding tert-OH is 1. The molecule has 0 bridgehead atoms. The highest BCUT2D eigenvalue weighted by atomic mass is 32.2. The Hall–Kier alpha value is -2.24. The number of nitrogens with zero attached hydrogens (tertiary/aromatic N) is 3. The van der Waals surface area contributed by atoms with E-state index in [1.165, 1.54) is 18.2 Å². The molecule has 1 saturated heterocycles. The molecule has 1 fully saturated rings. The number of hydrogen-bond acceptors (Lipinski definition) is 7. The van der Waals surface area contributed by atoms with Gasteiger partial charge in [-0.15, -0.1) is 0 Å². The van der Waals surface area contributed by atoms with Crippen molar-refractivity contribution in [1.82, 2.24) is 9.21 Å². The second kappa shape index (κ2) is 9.92. The molecule has 1 amide bonds. The van der Waals surface area contributed by atoms with Crippen LogP contribution < -0.4 is 0 Å². The van der Waals surface area contributed by atoms with Crippen molar-refractivity contribution >= 4 is 21.8 Å². The summed E-state index contributed by atoms with van der Waals surface area (Å²) in [6.07, 6.45) is 0.696. The SMILES string of the molecule is C[C@@H](C1CCN(C(=O)OC(C)(C)C)CC1)N(CCO)S(=O)(=O)c1ccccc1[N+](=O)[O-]. The lowest BCUT2D eigenvalue weighted by Crippen LogP contribution is -2.49. The van der Waals surface area contributed by atoms with E-state index in [0.29, 0.717) is 25.9 Å². The van der Waals surface area contributed by atoms with Crippen LogP contribution in [0.4, 0.5) is 10.5 Å². The number of likely N-dealkylation sites (tertiary alicyclic amines) is 1. The molecule has 1 atom stereocenters. The van der Waals surface area contributed by atoms with E-state index in [-0.39, 0.29) is 12.5 Å². The van der Waals surface area contributed by atoms with Crippen molar-refractivity contribution in [3.8, 4) is 0 Å². The molecule has 0 aromatic heterocycles. The maximum absolute atomic E-state index is 13.3. The third-order valence-corrected chi connectivity index (χ3v) is 7.33. The first-order chi connectivity index (χ1) is 14.4. The Labute approximate surface area is 183 Å². The van der Waals surface area contributed by atoms with Crippen molar-refractivity contribution in [2.24, 2.45) is 5.92 Å². The number of carbonyl (C=O) groups is 1. The lowest BCUT2D eigenvalue weighted by atomic mass is 9.90. The molecular formula is C20H31N3O7S. The molecule has 1 aromatic carbocycles. The number of nitro groups is 1. The number of amides is 1. The molecule has 0 spiro atoms. The van der Waals surface area contributed by atoms with Gasteiger partial charge in [-0.25, -0.2) is 13.2 Å². The van der Waals surface area contributed by atoms with Crippen LogP contribution in [0.25, 0.3) is 0 Å². The van der Waals surface area contributed by atoms with Gasteiger partial charge in [-0.05, 0) is 52.5 Å². The topological polar surface area (TPSA) is 130 Å². The van der Waals surface area contributed by atoms with E-state index in [4.69, 9.17) is 4.74 Å². The summed E-state index contributed by atoms with van der Waals surface area (Å²) in [5.41, 5.74) is -1.10. The second-order valence-electron chi connectivity index (χ2n) is 8.61. The number of rotatable bonds is 7. The molecule has 0 unspecified atom stereocenters. The fraction of sp³-hybridized carbons (Fsp3) is 0.650. The number of para-hydroxylation sites is 1. The number of hydrogen-bond donors (Lipinski definition) is 1. The number of aliphatic hydroxyl groups is 1. The van der Waals surface area contributed by atoms with Crippen LogP contribution in [-0.2, 0) is 14.8 Å². The maximum Gasteiger partial charge on any atom is 0.410 e. The monoisotopic (exact) mass is 457 g/mol. The first-order valence-electron chi connectivity index (χ1n) is 10.2. The van der Waals surface area contributed by atoms with Crippen molar-refractivity contribution < 1.29 is 28.0 Å². The maximum atomic E-state index is 13.3. The molecular weight excluding hydrogens is 426 g/mol. The Morgan fingerprint density at radius 3 is 2.42 bits per heavy atom. The Bertz CT molecular complexity index is 890. The zero-order chi connectivity index (χ0) is 23.4. The molecule has 1 aliphatic heterocycles. The summed E-state index contributed by atoms with van der Waals surface area (Å²) < 4.78 is 33.1. The minimum absolute atomic E-state index is 0.0808. The fourth-order valence-corrected chi connectivity index (χ4v) is 5.56. The molecule has 1 N–H and O–H groups in total. The quantitative estimate of drug-likeness (QED) is 0.492. The lowest BCUT2D eigenvalue weighted by molar-refractivity contribution is -0.387. The minimum Gasteiger partial charge on any atom is -0.444 e. The molecule has 0 aliphatic carbocycles. The van der Waals surface area contributed by atoms with Gasteiger partial charge in [0.2, 0.25) is 10.0 Å². The van der Waals surface area contributed by atoms with Crippen LogP contribution in [-0.4, -0.2) is 71.6 Å². The molecule has 10 nitrogen and oxygen atoms in total. The number of nitro benzene ring substituents is 1. The predicted molar refractivity (Wildman–Crippen MR) is 114 cm³/mol. The smallest absolute Gasteiger partial charge is 0.410 e. The van der Waals surface area contributed by atoms with Gasteiger partial charge in [0.15, 0.2) is 4.90 Å². The van der Waals surface area contributed by atoms with Crippen molar-refractivity contribution in [2.75, 3.05) is 26.2 Å². The lowest BCUT2D eigenvalue weighted by Gasteiger charge is -2.39. The summed E-state index contributed by atoms with van der Waals surface area (Å²) in [4.78, 5) is 24.1. The van der Waals surface area contributed by atoms with Crippen LogP contribution in [0.1, 0.15) is 40.5 Å². The Morgan fingerprint density at radius 1 is 1.32 bits per heavy atom. The fourth-order valence-electron chi connectivity index (χ4n) is 3.72. The van der Waals surface area contributed by atoms with Gasteiger partial charge in [0.1, 0.15) is 5.60 Å². The molecule has 1 aromatic rings. The first-order valence-corrected chi connectivity index (χ1v) is 11.7. The highest BCUT2D eigenvalue weighted by molar-refractivity contribution is 7.89. The largest absolute Gasteiger partial charge is 0.444 e. The van der Waals surface area contributed by atoms with Crippen LogP contribution in [0.15, 0.2) is 29.2 Å². The van der Waals surface area contributed by atoms with E-state index in [9.17, 15) is 28.4 Å². The summed E-state index contributed by atoms with van der Waals surface area (Å²) >= 11 is 0. The minimum atomic E-state index is -4.21. The summed E-state index contributed by atoms with van der Waals surface area (Å²) in [5, 5.41) is 20.8. The molecule has 11 heteroatoms. The Balaban J connectivity index is 2.19. The van der Waals surface area contributed by atoms with Crippen molar-refractivity contribution in [3.63, 3.8) is 0 Å². The van der Waals surface area contributed by atoms with Gasteiger partial charge in [-0.2, -0.15) is 4.31 Å². The van der Waals surface area contributed by atoms with Gasteiger partial charge < -0.3 is 14.7 Å². The normalized spacial score (nSPS) is 16.9. The van der Waals surface area contributed by atoms with Gasteiger partial charge in [0, 0.05) is 31.7 Å². The van der Waals surface area contributed by atoms with E-state index in [1.807, 2.05) is 0 Å². The first kappa shape index (κ1) is 25.0. The number of benzene rings is 1. The molecule has 1 aliphatic rings.